The van der Waals surface area contributed by atoms with Crippen LogP contribution in [0.4, 0.5) is 0 Å². The van der Waals surface area contributed by atoms with Gasteiger partial charge in [0.1, 0.15) is 6.54 Å². The molecule has 0 atom stereocenters. The summed E-state index contributed by atoms with van der Waals surface area (Å²) in [6.45, 7) is 7.63. The van der Waals surface area contributed by atoms with Gasteiger partial charge in [0.25, 0.3) is 5.56 Å². The van der Waals surface area contributed by atoms with Crippen molar-refractivity contribution in [2.75, 3.05) is 13.1 Å². The van der Waals surface area contributed by atoms with Gasteiger partial charge < -0.3 is 4.90 Å². The Bertz CT molecular complexity index is 787. The Balaban J connectivity index is 1.87. The Morgan fingerprint density at radius 3 is 2.70 bits per heavy atom. The van der Waals surface area contributed by atoms with Crippen LogP contribution in [0.5, 0.6) is 0 Å². The van der Waals surface area contributed by atoms with Gasteiger partial charge in [0.15, 0.2) is 5.52 Å². The van der Waals surface area contributed by atoms with Crippen molar-refractivity contribution in [2.24, 2.45) is 5.92 Å². The van der Waals surface area contributed by atoms with Crippen LogP contribution in [0.1, 0.15) is 37.4 Å². The highest BCUT2D eigenvalue weighted by Crippen LogP contribution is 2.22. The molecule has 0 aliphatic carbocycles. The Morgan fingerprint density at radius 1 is 1.35 bits per heavy atom. The van der Waals surface area contributed by atoms with Crippen LogP contribution in [-0.2, 0) is 17.8 Å². The Labute approximate surface area is 139 Å². The number of carbonyl (C=O) groups excluding carboxylic acids is 1. The van der Waals surface area contributed by atoms with Gasteiger partial charge in [0, 0.05) is 13.1 Å². The molecule has 0 radical (unpaired) electrons. The molecule has 0 aromatic carbocycles. The topological polar surface area (TPSA) is 68.1 Å². The largest absolute Gasteiger partial charge is 0.341 e. The first kappa shape index (κ1) is 16.1. The second-order valence-corrected chi connectivity index (χ2v) is 7.33. The maximum atomic E-state index is 12.6. The summed E-state index contributed by atoms with van der Waals surface area (Å²) in [5, 5.41) is 5.25. The molecule has 0 saturated carbocycles. The molecule has 1 saturated heterocycles. The van der Waals surface area contributed by atoms with Crippen LogP contribution in [0, 0.1) is 12.8 Å². The van der Waals surface area contributed by atoms with E-state index in [-0.39, 0.29) is 18.0 Å². The van der Waals surface area contributed by atoms with E-state index in [4.69, 9.17) is 0 Å². The molecule has 6 nitrogen and oxygen atoms in total. The summed E-state index contributed by atoms with van der Waals surface area (Å²) >= 11 is 1.51. The quantitative estimate of drug-likeness (QED) is 0.861. The third-order valence-corrected chi connectivity index (χ3v) is 5.74. The highest BCUT2D eigenvalue weighted by Gasteiger charge is 2.22. The molecule has 124 valence electrons. The number of aromatic nitrogens is 3. The zero-order valence-corrected chi connectivity index (χ0v) is 14.7. The summed E-state index contributed by atoms with van der Waals surface area (Å²) in [6, 6.07) is 0. The van der Waals surface area contributed by atoms with Crippen LogP contribution in [0.3, 0.4) is 0 Å². The molecule has 0 N–H and O–H groups in total. The first-order valence-corrected chi connectivity index (χ1v) is 8.96. The number of likely N-dealkylation sites (tertiary alicyclic amines) is 1. The summed E-state index contributed by atoms with van der Waals surface area (Å²) in [7, 11) is 0. The van der Waals surface area contributed by atoms with E-state index >= 15 is 0 Å². The SMILES string of the molecule is CCc1nc2c(=O)n(CC(=O)N3CCC(C)CC3)nc(C)c2s1. The Hall–Kier alpha value is -1.76. The number of hydrogen-bond acceptors (Lipinski definition) is 5. The maximum absolute atomic E-state index is 12.6. The van der Waals surface area contributed by atoms with E-state index in [0.717, 1.165) is 47.8 Å². The minimum atomic E-state index is -0.264. The number of carbonyl (C=O) groups is 1. The molecule has 2 aromatic heterocycles. The molecule has 3 rings (SSSR count). The number of nitrogens with zero attached hydrogens (tertiary/aromatic N) is 4. The average molecular weight is 334 g/mol. The molecule has 2 aromatic rings. The smallest absolute Gasteiger partial charge is 0.294 e. The third-order valence-electron chi connectivity index (χ3n) is 4.43. The van der Waals surface area contributed by atoms with E-state index in [9.17, 15) is 9.59 Å². The molecule has 23 heavy (non-hydrogen) atoms. The van der Waals surface area contributed by atoms with Crippen LogP contribution in [0.15, 0.2) is 4.79 Å². The van der Waals surface area contributed by atoms with E-state index in [1.165, 1.54) is 16.0 Å². The normalized spacial score (nSPS) is 16.2. The lowest BCUT2D eigenvalue weighted by Gasteiger charge is -2.30. The Kier molecular flexibility index (Phi) is 4.48. The summed E-state index contributed by atoms with van der Waals surface area (Å²) < 4.78 is 2.11. The van der Waals surface area contributed by atoms with Crippen LogP contribution in [0.2, 0.25) is 0 Å². The number of thiazole rings is 1. The highest BCUT2D eigenvalue weighted by atomic mass is 32.1. The second kappa shape index (κ2) is 6.39. The van der Waals surface area contributed by atoms with Crippen molar-refractivity contribution in [1.82, 2.24) is 19.7 Å². The van der Waals surface area contributed by atoms with Crippen molar-refractivity contribution in [3.05, 3.63) is 21.1 Å². The van der Waals surface area contributed by atoms with Crippen LogP contribution < -0.4 is 5.56 Å². The molecule has 7 heteroatoms. The molecule has 0 spiro atoms. The molecular weight excluding hydrogens is 312 g/mol. The van der Waals surface area contributed by atoms with Crippen molar-refractivity contribution in [3.63, 3.8) is 0 Å². The van der Waals surface area contributed by atoms with E-state index < -0.39 is 0 Å². The minimum absolute atomic E-state index is 0.00296. The lowest BCUT2D eigenvalue weighted by atomic mass is 9.99. The summed E-state index contributed by atoms with van der Waals surface area (Å²) in [5.74, 6) is 0.636. The van der Waals surface area contributed by atoms with Crippen LogP contribution in [0.25, 0.3) is 10.2 Å². The maximum Gasteiger partial charge on any atom is 0.294 e. The van der Waals surface area contributed by atoms with Crippen molar-refractivity contribution >= 4 is 27.5 Å². The average Bonchev–Trinajstić information content (AvgIpc) is 2.98. The fraction of sp³-hybridized carbons (Fsp3) is 0.625. The van der Waals surface area contributed by atoms with Gasteiger partial charge >= 0.3 is 0 Å². The highest BCUT2D eigenvalue weighted by molar-refractivity contribution is 7.18. The molecule has 0 unspecified atom stereocenters. The number of aryl methyl sites for hydroxylation is 2. The van der Waals surface area contributed by atoms with Gasteiger partial charge in [-0.15, -0.1) is 11.3 Å². The fourth-order valence-electron chi connectivity index (χ4n) is 2.89. The zero-order chi connectivity index (χ0) is 16.6. The van der Waals surface area contributed by atoms with Crippen molar-refractivity contribution in [1.29, 1.82) is 0 Å². The van der Waals surface area contributed by atoms with Crippen LogP contribution >= 0.6 is 11.3 Å². The summed E-state index contributed by atoms with van der Waals surface area (Å²) in [5.41, 5.74) is 0.941. The van der Waals surface area contributed by atoms with E-state index in [1.807, 2.05) is 18.7 Å². The summed E-state index contributed by atoms with van der Waals surface area (Å²) in [4.78, 5) is 31.2. The van der Waals surface area contributed by atoms with Gasteiger partial charge in [0.2, 0.25) is 5.91 Å². The van der Waals surface area contributed by atoms with Gasteiger partial charge in [-0.2, -0.15) is 5.10 Å². The number of piperidine rings is 1. The number of rotatable bonds is 3. The first-order chi connectivity index (χ1) is 11.0. The molecular formula is C16H22N4O2S. The van der Waals surface area contributed by atoms with Gasteiger partial charge in [-0.05, 0) is 32.1 Å². The number of amides is 1. The molecule has 3 heterocycles. The fourth-order valence-corrected chi connectivity index (χ4v) is 3.83. The molecule has 1 aliphatic heterocycles. The Morgan fingerprint density at radius 2 is 2.04 bits per heavy atom. The van der Waals surface area contributed by atoms with Crippen molar-refractivity contribution in [3.8, 4) is 0 Å². The van der Waals surface area contributed by atoms with E-state index in [1.54, 1.807) is 0 Å². The summed E-state index contributed by atoms with van der Waals surface area (Å²) in [6.07, 6.45) is 2.85. The number of fused-ring (bicyclic) bond motifs is 1. The van der Waals surface area contributed by atoms with Crippen LogP contribution in [-0.4, -0.2) is 38.7 Å². The standard InChI is InChI=1S/C16H22N4O2S/c1-4-12-17-14-15(23-12)11(3)18-20(16(14)22)9-13(21)19-7-5-10(2)6-8-19/h10H,4-9H2,1-3H3. The first-order valence-electron chi connectivity index (χ1n) is 8.14. The third kappa shape index (κ3) is 3.15. The lowest BCUT2D eigenvalue weighted by Crippen LogP contribution is -2.41. The predicted octanol–water partition coefficient (Wildman–Crippen LogP) is 1.98. The molecule has 1 aliphatic rings. The molecule has 1 amide bonds. The van der Waals surface area contributed by atoms with Gasteiger partial charge in [-0.1, -0.05) is 13.8 Å². The molecule has 1 fully saturated rings. The zero-order valence-electron chi connectivity index (χ0n) is 13.8. The van der Waals surface area contributed by atoms with Crippen molar-refractivity contribution < 1.29 is 4.79 Å². The van der Waals surface area contributed by atoms with Gasteiger partial charge in [0.05, 0.1) is 15.4 Å². The second-order valence-electron chi connectivity index (χ2n) is 6.25. The lowest BCUT2D eigenvalue weighted by molar-refractivity contribution is -0.133. The monoisotopic (exact) mass is 334 g/mol. The van der Waals surface area contributed by atoms with Gasteiger partial charge in [-0.25, -0.2) is 9.67 Å². The van der Waals surface area contributed by atoms with Crippen molar-refractivity contribution in [2.45, 2.75) is 46.6 Å². The molecule has 0 bridgehead atoms. The number of hydrogen-bond donors (Lipinski definition) is 0. The minimum Gasteiger partial charge on any atom is -0.341 e. The van der Waals surface area contributed by atoms with Gasteiger partial charge in [-0.3, -0.25) is 9.59 Å². The predicted molar refractivity (Wildman–Crippen MR) is 90.8 cm³/mol. The van der Waals surface area contributed by atoms with E-state index in [0.29, 0.717) is 11.4 Å². The van der Waals surface area contributed by atoms with E-state index in [2.05, 4.69) is 17.0 Å².